The van der Waals surface area contributed by atoms with Crippen LogP contribution in [-0.4, -0.2) is 19.6 Å². The van der Waals surface area contributed by atoms with Crippen molar-refractivity contribution in [3.8, 4) is 0 Å². The third kappa shape index (κ3) is 0.967. The van der Waals surface area contributed by atoms with Crippen molar-refractivity contribution >= 4 is 21.5 Å². The zero-order valence-electron chi connectivity index (χ0n) is 6.06. The van der Waals surface area contributed by atoms with Crippen LogP contribution in [0.2, 0.25) is 0 Å². The standard InChI is InChI=1S/C8H5NO2S/c10-12(11)8-7-4-2-1-3-6(7)5-9-8/h1-5H. The van der Waals surface area contributed by atoms with E-state index in [1.54, 1.807) is 18.3 Å². The molecule has 0 unspecified atom stereocenters. The van der Waals surface area contributed by atoms with Crippen molar-refractivity contribution in [2.45, 2.75) is 0 Å². The van der Waals surface area contributed by atoms with Gasteiger partial charge in [-0.15, -0.1) is 0 Å². The van der Waals surface area contributed by atoms with Gasteiger partial charge in [0, 0.05) is 17.3 Å². The normalized spacial score (nSPS) is 13.2. The van der Waals surface area contributed by atoms with E-state index in [2.05, 4.69) is 4.99 Å². The summed E-state index contributed by atoms with van der Waals surface area (Å²) in [6, 6.07) is 7.22. The zero-order chi connectivity index (χ0) is 8.55. The Bertz CT molecular complexity index is 478. The number of nitrogens with zero attached hydrogens (tertiary/aromatic N) is 1. The molecule has 0 radical (unpaired) electrons. The molecule has 0 aromatic heterocycles. The summed E-state index contributed by atoms with van der Waals surface area (Å²) in [4.78, 5) is 3.91. The lowest BCUT2D eigenvalue weighted by atomic mass is 10.1. The Morgan fingerprint density at radius 1 is 1.17 bits per heavy atom. The lowest BCUT2D eigenvalue weighted by Gasteiger charge is -1.91. The molecule has 1 heterocycles. The molecule has 2 rings (SSSR count). The van der Waals surface area contributed by atoms with Crippen molar-refractivity contribution < 1.29 is 8.42 Å². The topological polar surface area (TPSA) is 46.5 Å². The summed E-state index contributed by atoms with van der Waals surface area (Å²) in [7, 11) is -2.23. The van der Waals surface area contributed by atoms with Crippen LogP contribution in [0, 0.1) is 0 Å². The highest BCUT2D eigenvalue weighted by Gasteiger charge is 2.12. The van der Waals surface area contributed by atoms with Gasteiger partial charge in [0.1, 0.15) is 0 Å². The van der Waals surface area contributed by atoms with Crippen LogP contribution < -0.4 is 0 Å². The second kappa shape index (κ2) is 2.57. The minimum atomic E-state index is -2.23. The van der Waals surface area contributed by atoms with Gasteiger partial charge in [0.15, 0.2) is 4.99 Å². The predicted molar refractivity (Wildman–Crippen MR) is 47.1 cm³/mol. The second-order valence-corrected chi connectivity index (χ2v) is 3.24. The second-order valence-electron chi connectivity index (χ2n) is 2.39. The van der Waals surface area contributed by atoms with E-state index < -0.39 is 10.3 Å². The van der Waals surface area contributed by atoms with Gasteiger partial charge in [-0.3, -0.25) is 0 Å². The maximum absolute atomic E-state index is 10.6. The molecule has 12 heavy (non-hydrogen) atoms. The van der Waals surface area contributed by atoms with E-state index >= 15 is 0 Å². The Hall–Kier alpha value is -1.42. The highest BCUT2D eigenvalue weighted by atomic mass is 32.2. The molecule has 0 bridgehead atoms. The zero-order valence-corrected chi connectivity index (χ0v) is 6.88. The molecule has 0 amide bonds. The van der Waals surface area contributed by atoms with Crippen molar-refractivity contribution in [3.63, 3.8) is 0 Å². The van der Waals surface area contributed by atoms with Crippen LogP contribution in [0.3, 0.4) is 0 Å². The van der Waals surface area contributed by atoms with E-state index in [0.29, 0.717) is 5.56 Å². The van der Waals surface area contributed by atoms with Crippen LogP contribution in [0.1, 0.15) is 11.1 Å². The van der Waals surface area contributed by atoms with Gasteiger partial charge in [0.05, 0.1) is 0 Å². The average molecular weight is 179 g/mol. The molecular weight excluding hydrogens is 174 g/mol. The Morgan fingerprint density at radius 2 is 1.92 bits per heavy atom. The Kier molecular flexibility index (Phi) is 1.55. The van der Waals surface area contributed by atoms with E-state index in [1.165, 1.54) is 0 Å². The lowest BCUT2D eigenvalue weighted by Crippen LogP contribution is -1.94. The molecule has 1 aromatic carbocycles. The summed E-state index contributed by atoms with van der Waals surface area (Å²) < 4.78 is 21.2. The third-order valence-electron chi connectivity index (χ3n) is 1.67. The summed E-state index contributed by atoms with van der Waals surface area (Å²) in [6.07, 6.45) is 1.56. The van der Waals surface area contributed by atoms with E-state index in [4.69, 9.17) is 0 Å². The fourth-order valence-corrected chi connectivity index (χ4v) is 1.64. The van der Waals surface area contributed by atoms with Crippen molar-refractivity contribution in [1.82, 2.24) is 0 Å². The monoisotopic (exact) mass is 179 g/mol. The van der Waals surface area contributed by atoms with E-state index in [9.17, 15) is 8.42 Å². The quantitative estimate of drug-likeness (QED) is 0.544. The molecule has 0 aliphatic carbocycles. The molecule has 3 nitrogen and oxygen atoms in total. The highest BCUT2D eigenvalue weighted by molar-refractivity contribution is 7.73. The number of benzene rings is 1. The molecule has 0 atom stereocenters. The van der Waals surface area contributed by atoms with Crippen LogP contribution in [0.15, 0.2) is 29.3 Å². The van der Waals surface area contributed by atoms with Gasteiger partial charge in [-0.2, -0.15) is 8.42 Å². The maximum atomic E-state index is 10.6. The Morgan fingerprint density at radius 3 is 2.67 bits per heavy atom. The fraction of sp³-hybridized carbons (Fsp3) is 0. The van der Waals surface area contributed by atoms with Gasteiger partial charge in [-0.05, 0) is 0 Å². The maximum Gasteiger partial charge on any atom is 0.240 e. The largest absolute Gasteiger partial charge is 0.240 e. The first-order chi connectivity index (χ1) is 5.79. The van der Waals surface area contributed by atoms with Gasteiger partial charge in [0.25, 0.3) is 0 Å². The lowest BCUT2D eigenvalue weighted by molar-refractivity contribution is 0.627. The summed E-state index contributed by atoms with van der Waals surface area (Å²) in [6.45, 7) is 0. The molecule has 60 valence electrons. The van der Waals surface area contributed by atoms with Crippen LogP contribution >= 0.6 is 0 Å². The number of rotatable bonds is 0. The van der Waals surface area contributed by atoms with Gasteiger partial charge >= 0.3 is 0 Å². The molecule has 0 N–H and O–H groups in total. The van der Waals surface area contributed by atoms with Crippen molar-refractivity contribution in [2.75, 3.05) is 0 Å². The molecule has 4 heteroatoms. The van der Waals surface area contributed by atoms with Gasteiger partial charge in [-0.1, -0.05) is 24.3 Å². The molecule has 1 aromatic rings. The fourth-order valence-electron chi connectivity index (χ4n) is 1.13. The average Bonchev–Trinajstić information content (AvgIpc) is 2.47. The number of hydrogen-bond donors (Lipinski definition) is 0. The van der Waals surface area contributed by atoms with E-state index in [1.807, 2.05) is 12.1 Å². The SMILES string of the molecule is O=S(=O)=C1N=Cc2ccccc21. The van der Waals surface area contributed by atoms with Gasteiger partial charge < -0.3 is 0 Å². The van der Waals surface area contributed by atoms with Gasteiger partial charge in [0.2, 0.25) is 10.3 Å². The van der Waals surface area contributed by atoms with Crippen molar-refractivity contribution in [2.24, 2.45) is 4.99 Å². The number of hydrogen-bond acceptors (Lipinski definition) is 2. The first-order valence-electron chi connectivity index (χ1n) is 3.39. The highest BCUT2D eigenvalue weighted by Crippen LogP contribution is 2.13. The molecule has 1 aliphatic heterocycles. The van der Waals surface area contributed by atoms with Crippen LogP contribution in [0.25, 0.3) is 0 Å². The third-order valence-corrected chi connectivity index (χ3v) is 2.31. The van der Waals surface area contributed by atoms with Crippen LogP contribution in [0.4, 0.5) is 0 Å². The number of fused-ring (bicyclic) bond motifs is 1. The molecule has 0 spiro atoms. The molecule has 1 aliphatic rings. The van der Waals surface area contributed by atoms with E-state index in [-0.39, 0.29) is 4.99 Å². The Balaban J connectivity index is 2.81. The van der Waals surface area contributed by atoms with Crippen molar-refractivity contribution in [3.05, 3.63) is 35.4 Å². The van der Waals surface area contributed by atoms with Crippen molar-refractivity contribution in [1.29, 1.82) is 0 Å². The first-order valence-corrected chi connectivity index (χ1v) is 4.46. The van der Waals surface area contributed by atoms with E-state index in [0.717, 1.165) is 5.56 Å². The minimum Gasteiger partial charge on any atom is -0.239 e. The molecule has 0 saturated heterocycles. The van der Waals surface area contributed by atoms with Crippen LogP contribution in [0.5, 0.6) is 0 Å². The Labute approximate surface area is 70.9 Å². The summed E-state index contributed by atoms with van der Waals surface area (Å²) in [5.41, 5.74) is 1.54. The van der Waals surface area contributed by atoms with Crippen LogP contribution in [-0.2, 0) is 10.3 Å². The summed E-state index contributed by atoms with van der Waals surface area (Å²) in [5.74, 6) is 0. The summed E-state index contributed by atoms with van der Waals surface area (Å²) in [5, 5.41) is 0. The molecular formula is C8H5NO2S. The summed E-state index contributed by atoms with van der Waals surface area (Å²) >= 11 is 0. The molecule has 0 saturated carbocycles. The minimum absolute atomic E-state index is 0.130. The molecule has 0 fully saturated rings. The van der Waals surface area contributed by atoms with Gasteiger partial charge in [-0.25, -0.2) is 4.99 Å². The number of aliphatic imine (C=N–C) groups is 1. The smallest absolute Gasteiger partial charge is 0.239 e. The first kappa shape index (κ1) is 7.24. The predicted octanol–water partition coefficient (Wildman–Crippen LogP) is 0.476.